The summed E-state index contributed by atoms with van der Waals surface area (Å²) in [6.45, 7) is 2.78. The molecule has 0 aliphatic carbocycles. The van der Waals surface area contributed by atoms with Gasteiger partial charge in [-0.25, -0.2) is 17.9 Å². The summed E-state index contributed by atoms with van der Waals surface area (Å²) in [5.74, 6) is 0.815. The Hall–Kier alpha value is -3.96. The molecule has 9 nitrogen and oxygen atoms in total. The van der Waals surface area contributed by atoms with E-state index in [1.165, 1.54) is 12.1 Å². The molecule has 4 aromatic rings. The number of aromatic nitrogens is 1. The Bertz CT molecular complexity index is 1670. The quantitative estimate of drug-likeness (QED) is 0.205. The number of anilines is 1. The topological polar surface area (TPSA) is 130 Å². The summed E-state index contributed by atoms with van der Waals surface area (Å²) >= 11 is 5.94. The molecule has 0 spiro atoms. The maximum Gasteiger partial charge on any atom is 0.333 e. The van der Waals surface area contributed by atoms with Crippen LogP contribution in [0.25, 0.3) is 11.1 Å². The van der Waals surface area contributed by atoms with Crippen molar-refractivity contribution >= 4 is 33.3 Å². The van der Waals surface area contributed by atoms with Crippen molar-refractivity contribution in [2.75, 3.05) is 18.4 Å². The normalized spacial score (nSPS) is 15.3. The van der Waals surface area contributed by atoms with E-state index >= 15 is 0 Å². The lowest BCUT2D eigenvalue weighted by Gasteiger charge is -2.27. The molecule has 3 aromatic carbocycles. The maximum atomic E-state index is 12.8. The number of hydrogen-bond acceptors (Lipinski definition) is 7. The SMILES string of the molecule is Cc1cc(Cl)ccc1NC(=O)NS(=O)(=O)c1ccc(-c2ccc3c(c2)CC[C@H](CNC[C@H](O)c2cccnc2)O3)cc1. The molecule has 0 saturated carbocycles. The molecule has 0 bridgehead atoms. The minimum atomic E-state index is -4.08. The Morgan fingerprint density at radius 3 is 2.62 bits per heavy atom. The van der Waals surface area contributed by atoms with Crippen molar-refractivity contribution in [3.8, 4) is 16.9 Å². The average molecular weight is 607 g/mol. The minimum Gasteiger partial charge on any atom is -0.489 e. The number of ether oxygens (including phenoxy) is 1. The highest BCUT2D eigenvalue weighted by atomic mass is 35.5. The summed E-state index contributed by atoms with van der Waals surface area (Å²) < 4.78 is 33.8. The first-order valence-electron chi connectivity index (χ1n) is 13.5. The fraction of sp³-hybridized carbons (Fsp3) is 0.226. The monoisotopic (exact) mass is 606 g/mol. The lowest BCUT2D eigenvalue weighted by molar-refractivity contribution is 0.146. The van der Waals surface area contributed by atoms with Crippen LogP contribution in [0.5, 0.6) is 5.75 Å². The number of rotatable bonds is 9. The average Bonchev–Trinajstić information content (AvgIpc) is 2.98. The smallest absolute Gasteiger partial charge is 0.333 e. The van der Waals surface area contributed by atoms with Gasteiger partial charge >= 0.3 is 6.03 Å². The van der Waals surface area contributed by atoms with Crippen LogP contribution in [-0.2, 0) is 16.4 Å². The molecule has 0 radical (unpaired) electrons. The van der Waals surface area contributed by atoms with Crippen LogP contribution in [0.3, 0.4) is 0 Å². The van der Waals surface area contributed by atoms with Gasteiger partial charge < -0.3 is 20.5 Å². The second-order valence-electron chi connectivity index (χ2n) is 10.1. The Morgan fingerprint density at radius 1 is 1.10 bits per heavy atom. The van der Waals surface area contributed by atoms with Crippen molar-refractivity contribution in [1.82, 2.24) is 15.0 Å². The van der Waals surface area contributed by atoms with Gasteiger partial charge in [-0.3, -0.25) is 4.98 Å². The number of aliphatic hydroxyl groups is 1. The largest absolute Gasteiger partial charge is 0.489 e. The molecule has 5 rings (SSSR count). The second-order valence-corrected chi connectivity index (χ2v) is 12.2. The zero-order valence-corrected chi connectivity index (χ0v) is 24.5. The number of pyridine rings is 1. The third-order valence-corrected chi connectivity index (χ3v) is 8.61. The fourth-order valence-corrected chi connectivity index (χ4v) is 5.90. The number of carbonyl (C=O) groups is 1. The van der Waals surface area contributed by atoms with Crippen LogP contribution in [0, 0.1) is 6.92 Å². The first kappa shape index (κ1) is 29.5. The van der Waals surface area contributed by atoms with Crippen LogP contribution in [0.4, 0.5) is 10.5 Å². The summed E-state index contributed by atoms with van der Waals surface area (Å²) in [7, 11) is -4.08. The van der Waals surface area contributed by atoms with Crippen molar-refractivity contribution < 1.29 is 23.1 Å². The Balaban J connectivity index is 1.16. The summed E-state index contributed by atoms with van der Waals surface area (Å²) in [6.07, 6.45) is 4.34. The summed E-state index contributed by atoms with van der Waals surface area (Å²) in [6, 6.07) is 19.9. The summed E-state index contributed by atoms with van der Waals surface area (Å²) in [4.78, 5) is 16.4. The minimum absolute atomic E-state index is 0.0118. The van der Waals surface area contributed by atoms with Gasteiger partial charge in [-0.2, -0.15) is 0 Å². The van der Waals surface area contributed by atoms with E-state index in [0.29, 0.717) is 29.4 Å². The van der Waals surface area contributed by atoms with Gasteiger partial charge in [-0.15, -0.1) is 0 Å². The number of sulfonamides is 1. The van der Waals surface area contributed by atoms with E-state index in [-0.39, 0.29) is 11.0 Å². The number of fused-ring (bicyclic) bond motifs is 1. The van der Waals surface area contributed by atoms with E-state index in [2.05, 4.69) is 21.7 Å². The summed E-state index contributed by atoms with van der Waals surface area (Å²) in [5, 5.41) is 16.7. The Morgan fingerprint density at radius 2 is 1.88 bits per heavy atom. The van der Waals surface area contributed by atoms with E-state index in [1.807, 2.05) is 22.9 Å². The molecule has 1 aliphatic rings. The lowest BCUT2D eigenvalue weighted by Crippen LogP contribution is -2.36. The third kappa shape index (κ3) is 7.27. The molecule has 1 aromatic heterocycles. The molecule has 218 valence electrons. The van der Waals surface area contributed by atoms with Crippen LogP contribution in [0.15, 0.2) is 90.1 Å². The molecular formula is C31H31ClN4O5S. The number of aliphatic hydroxyl groups excluding tert-OH is 1. The molecule has 0 unspecified atom stereocenters. The number of urea groups is 1. The van der Waals surface area contributed by atoms with Crippen LogP contribution in [0.1, 0.15) is 29.2 Å². The van der Waals surface area contributed by atoms with Crippen LogP contribution < -0.4 is 20.1 Å². The zero-order chi connectivity index (χ0) is 29.7. The molecule has 2 amide bonds. The zero-order valence-electron chi connectivity index (χ0n) is 22.9. The number of halogens is 1. The number of aryl methyl sites for hydroxylation is 2. The molecular weight excluding hydrogens is 576 g/mol. The van der Waals surface area contributed by atoms with Crippen LogP contribution in [0.2, 0.25) is 5.02 Å². The highest BCUT2D eigenvalue weighted by Gasteiger charge is 2.22. The van der Waals surface area contributed by atoms with Gasteiger partial charge in [0.2, 0.25) is 0 Å². The van der Waals surface area contributed by atoms with E-state index in [4.69, 9.17) is 16.3 Å². The molecule has 2 atom stereocenters. The predicted octanol–water partition coefficient (Wildman–Crippen LogP) is 5.24. The van der Waals surface area contributed by atoms with E-state index in [9.17, 15) is 18.3 Å². The predicted molar refractivity (Wildman–Crippen MR) is 162 cm³/mol. The van der Waals surface area contributed by atoms with Crippen molar-refractivity contribution in [3.63, 3.8) is 0 Å². The number of amides is 2. The highest BCUT2D eigenvalue weighted by molar-refractivity contribution is 7.90. The van der Waals surface area contributed by atoms with E-state index in [0.717, 1.165) is 40.8 Å². The maximum absolute atomic E-state index is 12.8. The molecule has 42 heavy (non-hydrogen) atoms. The van der Waals surface area contributed by atoms with Crippen molar-refractivity contribution in [2.45, 2.75) is 36.9 Å². The Labute approximate surface area is 250 Å². The Kier molecular flexibility index (Phi) is 9.08. The molecule has 4 N–H and O–H groups in total. The molecule has 0 saturated heterocycles. The number of hydrogen-bond donors (Lipinski definition) is 4. The number of benzene rings is 3. The van der Waals surface area contributed by atoms with Crippen LogP contribution >= 0.6 is 11.6 Å². The second kappa shape index (κ2) is 12.9. The number of carbonyl (C=O) groups excluding carboxylic acids is 1. The molecule has 2 heterocycles. The molecule has 1 aliphatic heterocycles. The standard InChI is InChI=1S/C31H31ClN4O5S/c1-20-15-25(32)8-12-28(20)35-31(38)36-42(39,40)27-10-5-21(6-11-27)22-7-13-30-23(16-22)4-9-26(41-30)18-34-19-29(37)24-3-2-14-33-17-24/h2-3,5-8,10-17,26,29,34,37H,4,9,18-19H2,1H3,(H2,35,36,38)/t26-,29+/m1/s1. The van der Waals surface area contributed by atoms with E-state index < -0.39 is 22.2 Å². The van der Waals surface area contributed by atoms with Crippen molar-refractivity contribution in [3.05, 3.63) is 107 Å². The highest BCUT2D eigenvalue weighted by Crippen LogP contribution is 2.32. The van der Waals surface area contributed by atoms with Gasteiger partial charge in [0.05, 0.1) is 11.0 Å². The van der Waals surface area contributed by atoms with Gasteiger partial charge in [0.1, 0.15) is 11.9 Å². The van der Waals surface area contributed by atoms with Gasteiger partial charge in [0, 0.05) is 41.8 Å². The van der Waals surface area contributed by atoms with Crippen LogP contribution in [-0.4, -0.2) is 43.7 Å². The van der Waals surface area contributed by atoms with Gasteiger partial charge in [0.25, 0.3) is 10.0 Å². The third-order valence-electron chi connectivity index (χ3n) is 7.03. The molecule has 0 fully saturated rings. The van der Waals surface area contributed by atoms with Gasteiger partial charge in [-0.05, 0) is 90.6 Å². The lowest BCUT2D eigenvalue weighted by atomic mass is 9.97. The van der Waals surface area contributed by atoms with Gasteiger partial charge in [-0.1, -0.05) is 35.9 Å². The summed E-state index contributed by atoms with van der Waals surface area (Å²) in [5.41, 5.74) is 4.78. The van der Waals surface area contributed by atoms with Crippen molar-refractivity contribution in [1.29, 1.82) is 0 Å². The first-order chi connectivity index (χ1) is 20.2. The molecule has 11 heteroatoms. The van der Waals surface area contributed by atoms with Crippen molar-refractivity contribution in [2.24, 2.45) is 0 Å². The van der Waals surface area contributed by atoms with E-state index in [1.54, 1.807) is 55.7 Å². The fourth-order valence-electron chi connectivity index (χ4n) is 4.76. The number of nitrogens with one attached hydrogen (secondary N) is 3. The first-order valence-corrected chi connectivity index (χ1v) is 15.3. The van der Waals surface area contributed by atoms with Gasteiger partial charge in [0.15, 0.2) is 0 Å². The number of nitrogens with zero attached hydrogens (tertiary/aromatic N) is 1.